The third-order valence-electron chi connectivity index (χ3n) is 3.94. The van der Waals surface area contributed by atoms with E-state index in [1.54, 1.807) is 12.1 Å². The Morgan fingerprint density at radius 3 is 2.40 bits per heavy atom. The van der Waals surface area contributed by atoms with Gasteiger partial charge >= 0.3 is 5.97 Å². The van der Waals surface area contributed by atoms with Gasteiger partial charge in [0, 0.05) is 13.2 Å². The topological polar surface area (TPSA) is 97.8 Å². The zero-order valence-corrected chi connectivity index (χ0v) is 14.5. The Balaban J connectivity index is 2.08. The monoisotopic (exact) mass is 344 g/mol. The number of carbonyl (C=O) groups excluding carboxylic acids is 1. The maximum Gasteiger partial charge on any atom is 0.345 e. The molecule has 0 aliphatic rings. The third-order valence-corrected chi connectivity index (χ3v) is 3.94. The number of hydrogen-bond acceptors (Lipinski definition) is 5. The molecule has 1 aromatic heterocycles. The van der Waals surface area contributed by atoms with E-state index in [2.05, 4.69) is 10.3 Å². The van der Waals surface area contributed by atoms with E-state index >= 15 is 0 Å². The van der Waals surface area contributed by atoms with Crippen LogP contribution < -0.4 is 10.1 Å². The van der Waals surface area contributed by atoms with Crippen LogP contribution >= 0.6 is 0 Å². The zero-order valence-electron chi connectivity index (χ0n) is 14.5. The number of anilines is 1. The molecular weight excluding hydrogens is 324 g/mol. The van der Waals surface area contributed by atoms with Gasteiger partial charge in [0.25, 0.3) is 5.91 Å². The van der Waals surface area contributed by atoms with Crippen LogP contribution in [-0.4, -0.2) is 34.7 Å². The fraction of sp³-hybridized carbons (Fsp3) is 0.278. The highest BCUT2D eigenvalue weighted by molar-refractivity contribution is 6.11. The second kappa shape index (κ2) is 7.31. The van der Waals surface area contributed by atoms with Crippen LogP contribution in [0.4, 0.5) is 5.69 Å². The molecule has 0 aliphatic heterocycles. The Labute approximate surface area is 145 Å². The first-order valence-electron chi connectivity index (χ1n) is 7.57. The number of carboxylic acid groups (broad SMARTS) is 1. The van der Waals surface area contributed by atoms with Crippen LogP contribution in [0.3, 0.4) is 0 Å². The average Bonchev–Trinajstić information content (AvgIpc) is 2.58. The Hall–Kier alpha value is -2.93. The van der Waals surface area contributed by atoms with Crippen molar-refractivity contribution in [3.63, 3.8) is 0 Å². The highest BCUT2D eigenvalue weighted by Gasteiger charge is 2.41. The number of pyridine rings is 1. The maximum absolute atomic E-state index is 12.1. The number of rotatable bonds is 6. The molecule has 0 saturated carbocycles. The second-order valence-electron chi connectivity index (χ2n) is 5.73. The number of nitrogens with one attached hydrogen (secondary N) is 1. The maximum atomic E-state index is 12.1. The smallest absolute Gasteiger partial charge is 0.345 e. The van der Waals surface area contributed by atoms with Crippen LogP contribution in [0.15, 0.2) is 36.5 Å². The molecule has 2 aromatic rings. The number of nitrogens with zero attached hydrogens (tertiary/aromatic N) is 1. The number of aromatic nitrogens is 1. The van der Waals surface area contributed by atoms with Gasteiger partial charge in [-0.05, 0) is 50.1 Å². The minimum atomic E-state index is -1.98. The highest BCUT2D eigenvalue weighted by atomic mass is 16.5. The molecule has 7 heteroatoms. The number of methoxy groups -OCH3 is 1. The number of benzene rings is 1. The van der Waals surface area contributed by atoms with E-state index in [1.807, 2.05) is 32.0 Å². The van der Waals surface area contributed by atoms with Crippen molar-refractivity contribution >= 4 is 17.6 Å². The third kappa shape index (κ3) is 4.13. The number of carbonyl (C=O) groups is 2. The Kier molecular flexibility index (Phi) is 5.38. The first-order valence-corrected chi connectivity index (χ1v) is 7.57. The van der Waals surface area contributed by atoms with E-state index in [0.717, 1.165) is 18.2 Å². The predicted octanol–water partition coefficient (Wildman–Crippen LogP) is 2.92. The number of carboxylic acids is 1. The number of amides is 1. The Morgan fingerprint density at radius 1 is 1.16 bits per heavy atom. The van der Waals surface area contributed by atoms with Crippen molar-refractivity contribution < 1.29 is 24.2 Å². The summed E-state index contributed by atoms with van der Waals surface area (Å²) in [6.07, 6.45) is 1.38. The van der Waals surface area contributed by atoms with Crippen LogP contribution in [-0.2, 0) is 14.3 Å². The van der Waals surface area contributed by atoms with Gasteiger partial charge in [-0.1, -0.05) is 6.07 Å². The van der Waals surface area contributed by atoms with Crippen LogP contribution in [0.5, 0.6) is 11.6 Å². The summed E-state index contributed by atoms with van der Waals surface area (Å²) in [7, 11) is 1.16. The fourth-order valence-corrected chi connectivity index (χ4v) is 1.94. The highest BCUT2D eigenvalue weighted by Crippen LogP contribution is 2.23. The molecule has 1 unspecified atom stereocenters. The predicted molar refractivity (Wildman–Crippen MR) is 91.9 cm³/mol. The Bertz CT molecular complexity index is 789. The van der Waals surface area contributed by atoms with Crippen LogP contribution in [0, 0.1) is 13.8 Å². The summed E-state index contributed by atoms with van der Waals surface area (Å²) in [4.78, 5) is 27.4. The number of ether oxygens (including phenoxy) is 2. The van der Waals surface area contributed by atoms with Crippen molar-refractivity contribution in [3.05, 3.63) is 47.7 Å². The van der Waals surface area contributed by atoms with E-state index in [1.165, 1.54) is 13.1 Å². The molecule has 0 bridgehead atoms. The normalized spacial score (nSPS) is 13.0. The molecule has 2 rings (SSSR count). The van der Waals surface area contributed by atoms with Crippen molar-refractivity contribution in [1.82, 2.24) is 4.98 Å². The van der Waals surface area contributed by atoms with Crippen molar-refractivity contribution in [2.75, 3.05) is 12.4 Å². The molecule has 2 N–H and O–H groups in total. The molecule has 0 aliphatic carbocycles. The lowest BCUT2D eigenvalue weighted by Crippen LogP contribution is -2.48. The average molecular weight is 344 g/mol. The van der Waals surface area contributed by atoms with Crippen LogP contribution in [0.1, 0.15) is 18.1 Å². The lowest BCUT2D eigenvalue weighted by molar-refractivity contribution is -0.165. The Morgan fingerprint density at radius 2 is 1.88 bits per heavy atom. The molecule has 0 radical (unpaired) electrons. The molecule has 1 heterocycles. The van der Waals surface area contributed by atoms with E-state index in [9.17, 15) is 9.59 Å². The van der Waals surface area contributed by atoms with Crippen molar-refractivity contribution in [2.45, 2.75) is 26.4 Å². The van der Waals surface area contributed by atoms with Crippen molar-refractivity contribution in [3.8, 4) is 11.6 Å². The summed E-state index contributed by atoms with van der Waals surface area (Å²) in [6, 6.07) is 8.85. The summed E-state index contributed by atoms with van der Waals surface area (Å²) < 4.78 is 10.5. The van der Waals surface area contributed by atoms with Gasteiger partial charge in [-0.25, -0.2) is 9.78 Å². The van der Waals surface area contributed by atoms with Crippen molar-refractivity contribution in [2.24, 2.45) is 0 Å². The minimum absolute atomic E-state index is 0.335. The van der Waals surface area contributed by atoms with Gasteiger partial charge in [-0.3, -0.25) is 4.79 Å². The van der Waals surface area contributed by atoms with Crippen LogP contribution in [0.2, 0.25) is 0 Å². The van der Waals surface area contributed by atoms with Crippen molar-refractivity contribution in [1.29, 1.82) is 0 Å². The SMILES string of the molecule is COC(C)(C(=O)O)C(=O)Nc1ccc(Oc2ccc(C)c(C)c2)nc1. The molecular formula is C18H20N2O5. The summed E-state index contributed by atoms with van der Waals surface area (Å²) in [5.41, 5.74) is 0.628. The molecule has 1 aromatic carbocycles. The van der Waals surface area contributed by atoms with E-state index in [4.69, 9.17) is 14.6 Å². The van der Waals surface area contributed by atoms with Crippen LogP contribution in [0.25, 0.3) is 0 Å². The van der Waals surface area contributed by atoms with Gasteiger partial charge in [0.2, 0.25) is 11.5 Å². The fourth-order valence-electron chi connectivity index (χ4n) is 1.94. The molecule has 132 valence electrons. The first-order chi connectivity index (χ1) is 11.8. The van der Waals surface area contributed by atoms with Gasteiger partial charge in [-0.2, -0.15) is 0 Å². The van der Waals surface area contributed by atoms with E-state index in [0.29, 0.717) is 17.3 Å². The molecule has 0 fully saturated rings. The lowest BCUT2D eigenvalue weighted by Gasteiger charge is -2.21. The molecule has 0 saturated heterocycles. The summed E-state index contributed by atoms with van der Waals surface area (Å²) in [5.74, 6) is -1.17. The first kappa shape index (κ1) is 18.4. The number of aryl methyl sites for hydroxylation is 2. The lowest BCUT2D eigenvalue weighted by atomic mass is 10.1. The second-order valence-corrected chi connectivity index (χ2v) is 5.73. The molecule has 0 spiro atoms. The van der Waals surface area contributed by atoms with Gasteiger partial charge in [0.1, 0.15) is 5.75 Å². The zero-order chi connectivity index (χ0) is 18.6. The number of hydrogen-bond donors (Lipinski definition) is 2. The molecule has 7 nitrogen and oxygen atoms in total. The summed E-state index contributed by atoms with van der Waals surface area (Å²) in [5, 5.41) is 11.6. The van der Waals surface area contributed by atoms with E-state index in [-0.39, 0.29) is 0 Å². The van der Waals surface area contributed by atoms with Gasteiger partial charge in [0.05, 0.1) is 11.9 Å². The molecule has 1 atom stereocenters. The van der Waals surface area contributed by atoms with Gasteiger partial charge in [-0.15, -0.1) is 0 Å². The quantitative estimate of drug-likeness (QED) is 0.782. The molecule has 25 heavy (non-hydrogen) atoms. The summed E-state index contributed by atoms with van der Waals surface area (Å²) >= 11 is 0. The van der Waals surface area contributed by atoms with E-state index < -0.39 is 17.5 Å². The minimum Gasteiger partial charge on any atom is -0.479 e. The summed E-state index contributed by atoms with van der Waals surface area (Å²) in [6.45, 7) is 5.18. The number of aliphatic carboxylic acids is 1. The van der Waals surface area contributed by atoms with Gasteiger partial charge in [0.15, 0.2) is 0 Å². The largest absolute Gasteiger partial charge is 0.479 e. The molecule has 1 amide bonds. The van der Waals surface area contributed by atoms with Gasteiger partial charge < -0.3 is 19.9 Å². The standard InChI is InChI=1S/C18H20N2O5/c1-11-5-7-14(9-12(11)2)25-15-8-6-13(10-19-15)20-16(21)18(3,24-4)17(22)23/h5-10H,1-4H3,(H,20,21)(H,22,23).